The third-order valence-corrected chi connectivity index (χ3v) is 4.51. The Bertz CT molecular complexity index is 824. The Kier molecular flexibility index (Phi) is 3.43. The highest BCUT2D eigenvalue weighted by atomic mass is 32.1. The number of nitrogens with zero attached hydrogens (tertiary/aromatic N) is 2. The zero-order chi connectivity index (χ0) is 15.0. The zero-order valence-electron chi connectivity index (χ0n) is 12.1. The number of amides is 1. The number of fused-ring (bicyclic) bond motifs is 1. The maximum absolute atomic E-state index is 12.5. The second-order valence-electron chi connectivity index (χ2n) is 4.91. The molecule has 0 aliphatic rings. The summed E-state index contributed by atoms with van der Waals surface area (Å²) in [5.74, 6) is 0.634. The van der Waals surface area contributed by atoms with Crippen molar-refractivity contribution >= 4 is 33.1 Å². The van der Waals surface area contributed by atoms with Gasteiger partial charge in [-0.15, -0.1) is 11.3 Å². The van der Waals surface area contributed by atoms with E-state index < -0.39 is 0 Å². The quantitative estimate of drug-likeness (QED) is 0.781. The van der Waals surface area contributed by atoms with Crippen molar-refractivity contribution in [1.82, 2.24) is 9.97 Å². The third-order valence-electron chi connectivity index (χ3n) is 3.32. The summed E-state index contributed by atoms with van der Waals surface area (Å²) in [6, 6.07) is 9.45. The van der Waals surface area contributed by atoms with Gasteiger partial charge in [-0.3, -0.25) is 4.79 Å². The van der Waals surface area contributed by atoms with E-state index in [1.807, 2.05) is 51.1 Å². The smallest absolute Gasteiger partial charge is 0.266 e. The Balaban J connectivity index is 2.03. The first-order valence-corrected chi connectivity index (χ1v) is 7.48. The highest BCUT2D eigenvalue weighted by molar-refractivity contribution is 7.20. The molecule has 1 amide bonds. The molecular formula is C16H15N3OS. The molecule has 0 unspecified atom stereocenters. The zero-order valence-corrected chi connectivity index (χ0v) is 12.9. The van der Waals surface area contributed by atoms with E-state index in [9.17, 15) is 4.79 Å². The Morgan fingerprint density at radius 3 is 2.52 bits per heavy atom. The second kappa shape index (κ2) is 5.26. The average molecular weight is 297 g/mol. The fourth-order valence-electron chi connectivity index (χ4n) is 2.40. The van der Waals surface area contributed by atoms with Crippen LogP contribution >= 0.6 is 11.3 Å². The van der Waals surface area contributed by atoms with Gasteiger partial charge in [-0.05, 0) is 38.5 Å². The fraction of sp³-hybridized carbons (Fsp3) is 0.188. The van der Waals surface area contributed by atoms with E-state index in [4.69, 9.17) is 0 Å². The summed E-state index contributed by atoms with van der Waals surface area (Å²) < 4.78 is 0. The molecule has 0 fully saturated rings. The molecule has 0 saturated carbocycles. The molecule has 3 aromatic rings. The summed E-state index contributed by atoms with van der Waals surface area (Å²) in [5.41, 5.74) is 2.66. The molecule has 2 aromatic heterocycles. The molecule has 5 heteroatoms. The van der Waals surface area contributed by atoms with E-state index in [-0.39, 0.29) is 5.91 Å². The van der Waals surface area contributed by atoms with Crippen molar-refractivity contribution in [1.29, 1.82) is 0 Å². The monoisotopic (exact) mass is 297 g/mol. The number of aryl methyl sites for hydroxylation is 3. The molecule has 0 radical (unpaired) electrons. The van der Waals surface area contributed by atoms with E-state index in [1.165, 1.54) is 11.3 Å². The number of hydrogen-bond acceptors (Lipinski definition) is 4. The summed E-state index contributed by atoms with van der Waals surface area (Å²) in [6.07, 6.45) is 0. The molecule has 0 saturated heterocycles. The second-order valence-corrected chi connectivity index (χ2v) is 5.91. The van der Waals surface area contributed by atoms with E-state index in [1.54, 1.807) is 0 Å². The van der Waals surface area contributed by atoms with Gasteiger partial charge in [0.2, 0.25) is 0 Å². The van der Waals surface area contributed by atoms with Crippen molar-refractivity contribution in [3.63, 3.8) is 0 Å². The van der Waals surface area contributed by atoms with Crippen LogP contribution in [-0.2, 0) is 0 Å². The van der Waals surface area contributed by atoms with Gasteiger partial charge >= 0.3 is 0 Å². The number of rotatable bonds is 2. The lowest BCUT2D eigenvalue weighted by molar-refractivity contribution is 0.103. The van der Waals surface area contributed by atoms with Crippen LogP contribution in [0.4, 0.5) is 5.69 Å². The van der Waals surface area contributed by atoms with Crippen molar-refractivity contribution in [3.8, 4) is 0 Å². The lowest BCUT2D eigenvalue weighted by atomic mass is 10.1. The molecule has 3 rings (SSSR count). The van der Waals surface area contributed by atoms with E-state index in [0.717, 1.165) is 33.0 Å². The minimum atomic E-state index is -0.0984. The summed E-state index contributed by atoms with van der Waals surface area (Å²) in [7, 11) is 0. The minimum Gasteiger partial charge on any atom is -0.321 e. The Morgan fingerprint density at radius 2 is 1.81 bits per heavy atom. The van der Waals surface area contributed by atoms with Gasteiger partial charge in [0.15, 0.2) is 0 Å². The molecule has 0 bridgehead atoms. The maximum Gasteiger partial charge on any atom is 0.266 e. The number of anilines is 1. The number of para-hydroxylation sites is 1. The van der Waals surface area contributed by atoms with Gasteiger partial charge in [-0.25, -0.2) is 9.97 Å². The van der Waals surface area contributed by atoms with E-state index in [0.29, 0.717) is 4.88 Å². The first-order chi connectivity index (χ1) is 10.1. The van der Waals surface area contributed by atoms with Gasteiger partial charge in [0.1, 0.15) is 10.7 Å². The summed E-state index contributed by atoms with van der Waals surface area (Å²) in [4.78, 5) is 22.8. The van der Waals surface area contributed by atoms with Gasteiger partial charge in [0.05, 0.1) is 4.88 Å². The Labute approximate surface area is 126 Å². The SMILES string of the molecule is Cc1nc(C)c2c(C)c(C(=O)Nc3ccccc3)sc2n1. The van der Waals surface area contributed by atoms with Crippen molar-refractivity contribution < 1.29 is 4.79 Å². The van der Waals surface area contributed by atoms with Crippen LogP contribution in [0.2, 0.25) is 0 Å². The molecule has 0 atom stereocenters. The molecular weight excluding hydrogens is 282 g/mol. The van der Waals surface area contributed by atoms with Crippen molar-refractivity contribution in [3.05, 3.63) is 52.3 Å². The summed E-state index contributed by atoms with van der Waals surface area (Å²) >= 11 is 1.42. The topological polar surface area (TPSA) is 54.9 Å². The van der Waals surface area contributed by atoms with Crippen LogP contribution in [0.5, 0.6) is 0 Å². The van der Waals surface area contributed by atoms with Crippen LogP contribution in [0.15, 0.2) is 30.3 Å². The van der Waals surface area contributed by atoms with E-state index in [2.05, 4.69) is 15.3 Å². The molecule has 0 spiro atoms. The van der Waals surface area contributed by atoms with Gasteiger partial charge in [0.25, 0.3) is 5.91 Å². The first kappa shape index (κ1) is 13.7. The predicted molar refractivity (Wildman–Crippen MR) is 86.0 cm³/mol. The minimum absolute atomic E-state index is 0.0984. The molecule has 106 valence electrons. The predicted octanol–water partition coefficient (Wildman–Crippen LogP) is 3.87. The molecule has 0 aliphatic carbocycles. The van der Waals surface area contributed by atoms with E-state index >= 15 is 0 Å². The lowest BCUT2D eigenvalue weighted by Gasteiger charge is -2.04. The number of hydrogen-bond donors (Lipinski definition) is 1. The lowest BCUT2D eigenvalue weighted by Crippen LogP contribution is -2.11. The van der Waals surface area contributed by atoms with Gasteiger partial charge < -0.3 is 5.32 Å². The number of thiophene rings is 1. The van der Waals surface area contributed by atoms with Crippen LogP contribution < -0.4 is 5.32 Å². The Hall–Kier alpha value is -2.27. The molecule has 0 aliphatic heterocycles. The average Bonchev–Trinajstić information content (AvgIpc) is 2.77. The van der Waals surface area contributed by atoms with Crippen LogP contribution in [0, 0.1) is 20.8 Å². The maximum atomic E-state index is 12.5. The molecule has 2 heterocycles. The number of carbonyl (C=O) groups is 1. The fourth-order valence-corrected chi connectivity index (χ4v) is 3.57. The molecule has 4 nitrogen and oxygen atoms in total. The summed E-state index contributed by atoms with van der Waals surface area (Å²) in [6.45, 7) is 5.77. The highest BCUT2D eigenvalue weighted by Gasteiger charge is 2.18. The van der Waals surface area contributed by atoms with Crippen molar-refractivity contribution in [2.75, 3.05) is 5.32 Å². The van der Waals surface area contributed by atoms with Crippen LogP contribution in [0.25, 0.3) is 10.2 Å². The number of benzene rings is 1. The number of nitrogens with one attached hydrogen (secondary N) is 1. The highest BCUT2D eigenvalue weighted by Crippen LogP contribution is 2.31. The van der Waals surface area contributed by atoms with Crippen LogP contribution in [-0.4, -0.2) is 15.9 Å². The van der Waals surface area contributed by atoms with Crippen molar-refractivity contribution in [2.24, 2.45) is 0 Å². The van der Waals surface area contributed by atoms with Gasteiger partial charge in [-0.2, -0.15) is 0 Å². The molecule has 1 N–H and O–H groups in total. The third kappa shape index (κ3) is 2.52. The number of aromatic nitrogens is 2. The normalized spacial score (nSPS) is 10.8. The summed E-state index contributed by atoms with van der Waals surface area (Å²) in [5, 5.41) is 3.91. The first-order valence-electron chi connectivity index (χ1n) is 6.67. The largest absolute Gasteiger partial charge is 0.321 e. The molecule has 21 heavy (non-hydrogen) atoms. The van der Waals surface area contributed by atoms with Crippen molar-refractivity contribution in [2.45, 2.75) is 20.8 Å². The Morgan fingerprint density at radius 1 is 1.10 bits per heavy atom. The standard InChI is InChI=1S/C16H15N3OS/c1-9-13-10(2)17-11(3)18-16(13)21-14(9)15(20)19-12-7-5-4-6-8-12/h4-8H,1-3H3,(H,19,20). The van der Waals surface area contributed by atoms with Gasteiger partial charge in [0, 0.05) is 16.8 Å². The van der Waals surface area contributed by atoms with Crippen LogP contribution in [0.3, 0.4) is 0 Å². The van der Waals surface area contributed by atoms with Gasteiger partial charge in [-0.1, -0.05) is 18.2 Å². The number of carbonyl (C=O) groups excluding carboxylic acids is 1. The van der Waals surface area contributed by atoms with Crippen LogP contribution in [0.1, 0.15) is 26.8 Å². The molecule has 1 aromatic carbocycles.